The minimum absolute atomic E-state index is 0.127. The SMILES string of the molecule is CSc1nc2nc3c(c(-c4ccccc4)c2c(=O)[nH]1)CCC/C3=C\c1ccccc1. The summed E-state index contributed by atoms with van der Waals surface area (Å²) in [6.07, 6.45) is 7.02. The van der Waals surface area contributed by atoms with Crippen molar-refractivity contribution in [3.63, 3.8) is 0 Å². The molecule has 1 aliphatic rings. The van der Waals surface area contributed by atoms with E-state index in [4.69, 9.17) is 4.98 Å². The number of hydrogen-bond acceptors (Lipinski definition) is 4. The molecule has 0 saturated heterocycles. The molecule has 0 radical (unpaired) electrons. The highest BCUT2D eigenvalue weighted by Crippen LogP contribution is 2.39. The lowest BCUT2D eigenvalue weighted by molar-refractivity contribution is 0.813. The molecule has 1 aliphatic carbocycles. The van der Waals surface area contributed by atoms with Crippen LogP contribution in [0.4, 0.5) is 0 Å². The van der Waals surface area contributed by atoms with Gasteiger partial charge >= 0.3 is 0 Å². The summed E-state index contributed by atoms with van der Waals surface area (Å²) >= 11 is 1.42. The van der Waals surface area contributed by atoms with E-state index in [9.17, 15) is 4.79 Å². The van der Waals surface area contributed by atoms with E-state index in [1.54, 1.807) is 0 Å². The minimum Gasteiger partial charge on any atom is -0.301 e. The number of rotatable bonds is 3. The predicted octanol–water partition coefficient (Wildman–Crippen LogP) is 5.58. The molecular weight excluding hydrogens is 390 g/mol. The Labute approximate surface area is 179 Å². The number of pyridine rings is 1. The van der Waals surface area contributed by atoms with E-state index in [0.29, 0.717) is 16.2 Å². The van der Waals surface area contributed by atoms with Gasteiger partial charge < -0.3 is 4.98 Å². The van der Waals surface area contributed by atoms with Crippen LogP contribution in [0.3, 0.4) is 0 Å². The zero-order valence-corrected chi connectivity index (χ0v) is 17.5. The number of hydrogen-bond donors (Lipinski definition) is 1. The maximum atomic E-state index is 13.0. The van der Waals surface area contributed by atoms with Gasteiger partial charge in [0.05, 0.1) is 11.1 Å². The maximum absolute atomic E-state index is 13.0. The molecule has 30 heavy (non-hydrogen) atoms. The van der Waals surface area contributed by atoms with Crippen molar-refractivity contribution in [2.75, 3.05) is 6.26 Å². The van der Waals surface area contributed by atoms with Gasteiger partial charge in [0.2, 0.25) is 0 Å². The molecule has 0 atom stereocenters. The van der Waals surface area contributed by atoms with E-state index in [0.717, 1.165) is 47.2 Å². The van der Waals surface area contributed by atoms with Gasteiger partial charge in [0, 0.05) is 5.56 Å². The Morgan fingerprint density at radius 1 is 0.967 bits per heavy atom. The Balaban J connectivity index is 1.85. The molecule has 0 fully saturated rings. The molecule has 4 nitrogen and oxygen atoms in total. The van der Waals surface area contributed by atoms with Crippen LogP contribution in [0.25, 0.3) is 33.8 Å². The smallest absolute Gasteiger partial charge is 0.261 e. The first-order valence-electron chi connectivity index (χ1n) is 10.1. The fourth-order valence-electron chi connectivity index (χ4n) is 4.18. The average molecular weight is 412 g/mol. The van der Waals surface area contributed by atoms with Crippen LogP contribution in [-0.2, 0) is 6.42 Å². The van der Waals surface area contributed by atoms with Crippen molar-refractivity contribution in [3.8, 4) is 11.1 Å². The van der Waals surface area contributed by atoms with Crippen molar-refractivity contribution in [1.29, 1.82) is 0 Å². The Hall–Kier alpha value is -3.18. The quantitative estimate of drug-likeness (QED) is 0.353. The third-order valence-corrected chi connectivity index (χ3v) is 6.09. The summed E-state index contributed by atoms with van der Waals surface area (Å²) in [5, 5.41) is 1.17. The van der Waals surface area contributed by atoms with Gasteiger partial charge in [-0.1, -0.05) is 72.4 Å². The fourth-order valence-corrected chi connectivity index (χ4v) is 4.56. The normalized spacial score (nSPS) is 14.8. The molecule has 1 N–H and O–H groups in total. The van der Waals surface area contributed by atoms with Crippen LogP contribution >= 0.6 is 11.8 Å². The van der Waals surface area contributed by atoms with Crippen molar-refractivity contribution in [3.05, 3.63) is 87.8 Å². The van der Waals surface area contributed by atoms with Gasteiger partial charge in [0.1, 0.15) is 0 Å². The number of allylic oxidation sites excluding steroid dienone is 1. The molecule has 0 spiro atoms. The summed E-state index contributed by atoms with van der Waals surface area (Å²) in [6, 6.07) is 20.5. The monoisotopic (exact) mass is 411 g/mol. The first-order valence-corrected chi connectivity index (χ1v) is 11.3. The van der Waals surface area contributed by atoms with E-state index in [1.807, 2.05) is 42.7 Å². The Bertz CT molecular complexity index is 1310. The summed E-state index contributed by atoms with van der Waals surface area (Å²) in [7, 11) is 0. The van der Waals surface area contributed by atoms with Crippen LogP contribution < -0.4 is 5.56 Å². The molecule has 0 saturated carbocycles. The van der Waals surface area contributed by atoms with Crippen LogP contribution in [-0.4, -0.2) is 21.2 Å². The first kappa shape index (κ1) is 18.8. The van der Waals surface area contributed by atoms with Gasteiger partial charge in [-0.25, -0.2) is 9.97 Å². The van der Waals surface area contributed by atoms with Crippen molar-refractivity contribution >= 4 is 34.4 Å². The lowest BCUT2D eigenvalue weighted by Crippen LogP contribution is -2.16. The number of H-pyrrole nitrogens is 1. The van der Waals surface area contributed by atoms with E-state index < -0.39 is 0 Å². The number of aromatic nitrogens is 3. The Morgan fingerprint density at radius 3 is 2.43 bits per heavy atom. The van der Waals surface area contributed by atoms with Gasteiger partial charge in [-0.15, -0.1) is 0 Å². The minimum atomic E-state index is -0.127. The second kappa shape index (κ2) is 7.92. The molecular formula is C25H21N3OS. The highest BCUT2D eigenvalue weighted by atomic mass is 32.2. The van der Waals surface area contributed by atoms with Crippen LogP contribution in [0, 0.1) is 0 Å². The van der Waals surface area contributed by atoms with Crippen LogP contribution in [0.1, 0.15) is 29.7 Å². The molecule has 5 rings (SSSR count). The van der Waals surface area contributed by atoms with Crippen LogP contribution in [0.15, 0.2) is 70.6 Å². The number of thioether (sulfide) groups is 1. The number of benzene rings is 2. The average Bonchev–Trinajstić information content (AvgIpc) is 2.79. The van der Waals surface area contributed by atoms with Crippen molar-refractivity contribution in [1.82, 2.24) is 15.0 Å². The van der Waals surface area contributed by atoms with Crippen molar-refractivity contribution in [2.24, 2.45) is 0 Å². The number of nitrogens with zero attached hydrogens (tertiary/aromatic N) is 2. The zero-order valence-electron chi connectivity index (χ0n) is 16.7. The lowest BCUT2D eigenvalue weighted by Gasteiger charge is -2.23. The summed E-state index contributed by atoms with van der Waals surface area (Å²) in [5.74, 6) is 0. The van der Waals surface area contributed by atoms with E-state index in [-0.39, 0.29) is 5.56 Å². The first-order chi connectivity index (χ1) is 14.7. The molecule has 4 aromatic rings. The fraction of sp³-hybridized carbons (Fsp3) is 0.160. The number of nitrogens with one attached hydrogen (secondary N) is 1. The summed E-state index contributed by atoms with van der Waals surface area (Å²) in [6.45, 7) is 0. The lowest BCUT2D eigenvalue weighted by atomic mass is 9.84. The molecule has 148 valence electrons. The molecule has 2 heterocycles. The Morgan fingerprint density at radius 2 is 1.70 bits per heavy atom. The van der Waals surface area contributed by atoms with Gasteiger partial charge in [-0.2, -0.15) is 0 Å². The largest absolute Gasteiger partial charge is 0.301 e. The zero-order chi connectivity index (χ0) is 20.5. The summed E-state index contributed by atoms with van der Waals surface area (Å²) < 4.78 is 0. The summed E-state index contributed by atoms with van der Waals surface area (Å²) in [4.78, 5) is 25.6. The third kappa shape index (κ3) is 3.35. The molecule has 0 aliphatic heterocycles. The van der Waals surface area contributed by atoms with Gasteiger partial charge in [-0.3, -0.25) is 4.79 Å². The molecule has 5 heteroatoms. The third-order valence-electron chi connectivity index (χ3n) is 5.51. The predicted molar refractivity (Wildman–Crippen MR) is 125 cm³/mol. The topological polar surface area (TPSA) is 58.6 Å². The van der Waals surface area contributed by atoms with E-state index in [1.165, 1.54) is 17.3 Å². The molecule has 0 bridgehead atoms. The van der Waals surface area contributed by atoms with Gasteiger partial charge in [0.15, 0.2) is 10.8 Å². The van der Waals surface area contributed by atoms with E-state index >= 15 is 0 Å². The second-order valence-electron chi connectivity index (χ2n) is 7.39. The van der Waals surface area contributed by atoms with Crippen molar-refractivity contribution in [2.45, 2.75) is 24.4 Å². The summed E-state index contributed by atoms with van der Waals surface area (Å²) in [5.41, 5.74) is 6.87. The Kier molecular flexibility index (Phi) is 4.97. The maximum Gasteiger partial charge on any atom is 0.261 e. The second-order valence-corrected chi connectivity index (χ2v) is 8.18. The van der Waals surface area contributed by atoms with Crippen LogP contribution in [0.5, 0.6) is 0 Å². The van der Waals surface area contributed by atoms with Gasteiger partial charge in [-0.05, 0) is 53.9 Å². The van der Waals surface area contributed by atoms with Crippen LogP contribution in [0.2, 0.25) is 0 Å². The molecule has 0 unspecified atom stereocenters. The highest BCUT2D eigenvalue weighted by molar-refractivity contribution is 7.98. The number of fused-ring (bicyclic) bond motifs is 2. The van der Waals surface area contributed by atoms with Gasteiger partial charge in [0.25, 0.3) is 5.56 Å². The van der Waals surface area contributed by atoms with E-state index in [2.05, 4.69) is 40.3 Å². The number of aromatic amines is 1. The standard InChI is InChI=1S/C25H21N3OS/c1-30-25-27-23-21(24(29)28-25)20(17-11-6-3-7-12-17)19-14-8-13-18(22(19)26-23)15-16-9-4-2-5-10-16/h2-7,9-12,15H,8,13-14H2,1H3,(H,26,27,28,29)/b18-15+. The van der Waals surface area contributed by atoms with Crippen molar-refractivity contribution < 1.29 is 0 Å². The molecule has 2 aromatic carbocycles. The highest BCUT2D eigenvalue weighted by Gasteiger charge is 2.24. The molecule has 2 aromatic heterocycles. The molecule has 0 amide bonds.